The molecule has 0 aliphatic carbocycles. The van der Waals surface area contributed by atoms with Gasteiger partial charge in [-0.05, 0) is 92.0 Å². The number of fused-ring (bicyclic) bond motifs is 1. The third-order valence-electron chi connectivity index (χ3n) is 7.21. The summed E-state index contributed by atoms with van der Waals surface area (Å²) in [6.45, 7) is 23.1. The molecule has 0 bridgehead atoms. The molecule has 2 amide bonds. The summed E-state index contributed by atoms with van der Waals surface area (Å²) in [7, 11) is 0. The first-order chi connectivity index (χ1) is 21.8. The molecule has 3 heterocycles. The summed E-state index contributed by atoms with van der Waals surface area (Å²) in [6.07, 6.45) is 6.35. The predicted molar refractivity (Wildman–Crippen MR) is 181 cm³/mol. The minimum absolute atomic E-state index is 0.0889. The highest BCUT2D eigenvalue weighted by atomic mass is 16.6. The second kappa shape index (κ2) is 14.3. The van der Waals surface area contributed by atoms with Crippen LogP contribution >= 0.6 is 0 Å². The number of likely N-dealkylation sites (tertiary alicyclic amines) is 1. The van der Waals surface area contributed by atoms with E-state index in [0.29, 0.717) is 61.4 Å². The monoisotopic (exact) mass is 632 g/mol. The number of carbonyl (C=O) groups excluding carboxylic acids is 2. The Morgan fingerprint density at radius 2 is 1.72 bits per heavy atom. The summed E-state index contributed by atoms with van der Waals surface area (Å²) < 4.78 is 19.0. The Bertz CT molecular complexity index is 1540. The lowest BCUT2D eigenvalue weighted by molar-refractivity contribution is 0.0198. The highest BCUT2D eigenvalue weighted by Crippen LogP contribution is 2.38. The van der Waals surface area contributed by atoms with Crippen LogP contribution in [0.1, 0.15) is 66.9 Å². The summed E-state index contributed by atoms with van der Waals surface area (Å²) in [4.78, 5) is 37.8. The Hall–Kier alpha value is -4.54. The highest BCUT2D eigenvalue weighted by molar-refractivity contribution is 5.97. The van der Waals surface area contributed by atoms with E-state index in [2.05, 4.69) is 23.2 Å². The van der Waals surface area contributed by atoms with Crippen molar-refractivity contribution in [3.63, 3.8) is 0 Å². The van der Waals surface area contributed by atoms with Crippen molar-refractivity contribution in [2.45, 2.75) is 85.0 Å². The van der Waals surface area contributed by atoms with E-state index in [1.54, 1.807) is 27.8 Å². The molecule has 4 rings (SSSR count). The average molecular weight is 633 g/mol. The first-order valence-corrected chi connectivity index (χ1v) is 15.8. The van der Waals surface area contributed by atoms with E-state index in [1.165, 1.54) is 4.90 Å². The normalized spacial score (nSPS) is 15.3. The Balaban J connectivity index is 1.90. The molecule has 1 aromatic carbocycles. The number of amides is 2. The van der Waals surface area contributed by atoms with Crippen LogP contribution in [0.4, 0.5) is 26.9 Å². The third kappa shape index (κ3) is 8.18. The number of rotatable bonds is 10. The Morgan fingerprint density at radius 1 is 1.02 bits per heavy atom. The van der Waals surface area contributed by atoms with Gasteiger partial charge in [-0.25, -0.2) is 19.5 Å². The van der Waals surface area contributed by atoms with Gasteiger partial charge in [0.2, 0.25) is 0 Å². The van der Waals surface area contributed by atoms with Crippen LogP contribution in [0.25, 0.3) is 5.65 Å². The average Bonchev–Trinajstić information content (AvgIpc) is 3.45. The van der Waals surface area contributed by atoms with Crippen LogP contribution in [0.2, 0.25) is 0 Å². The number of ether oxygens (including phenoxy) is 3. The molecular weight excluding hydrogens is 584 g/mol. The molecule has 0 spiro atoms. The van der Waals surface area contributed by atoms with E-state index in [1.807, 2.05) is 78.8 Å². The number of allylic oxidation sites excluding steroid dienone is 1. The molecule has 0 radical (unpaired) electrons. The fraction of sp³-hybridized carbons (Fsp3) is 0.486. The topological polar surface area (TPSA) is 102 Å². The molecule has 11 nitrogen and oxygen atoms in total. The van der Waals surface area contributed by atoms with Crippen molar-refractivity contribution in [1.29, 1.82) is 0 Å². The molecular formula is C35H48N6O5. The minimum atomic E-state index is -0.764. The number of carbonyl (C=O) groups is 2. The van der Waals surface area contributed by atoms with Gasteiger partial charge in [0.15, 0.2) is 11.5 Å². The Labute approximate surface area is 272 Å². The van der Waals surface area contributed by atoms with Crippen molar-refractivity contribution in [1.82, 2.24) is 19.5 Å². The van der Waals surface area contributed by atoms with Crippen LogP contribution in [0.15, 0.2) is 61.8 Å². The maximum absolute atomic E-state index is 14.1. The maximum Gasteiger partial charge on any atom is 0.420 e. The second-order valence-corrected chi connectivity index (χ2v) is 13.2. The molecule has 1 aliphatic heterocycles. The van der Waals surface area contributed by atoms with E-state index < -0.39 is 17.3 Å². The van der Waals surface area contributed by atoms with Gasteiger partial charge in [-0.3, -0.25) is 0 Å². The van der Waals surface area contributed by atoms with Gasteiger partial charge in [0, 0.05) is 37.3 Å². The summed E-state index contributed by atoms with van der Waals surface area (Å²) in [6, 6.07) is 9.00. The predicted octanol–water partition coefficient (Wildman–Crippen LogP) is 7.32. The quantitative estimate of drug-likeness (QED) is 0.214. The smallest absolute Gasteiger partial charge is 0.420 e. The summed E-state index contributed by atoms with van der Waals surface area (Å²) in [5, 5.41) is 4.60. The molecule has 11 heteroatoms. The van der Waals surface area contributed by atoms with Crippen LogP contribution in [-0.4, -0.2) is 75.2 Å². The van der Waals surface area contributed by atoms with Gasteiger partial charge in [-0.2, -0.15) is 9.61 Å². The first-order valence-electron chi connectivity index (χ1n) is 15.8. The summed E-state index contributed by atoms with van der Waals surface area (Å²) >= 11 is 0. The molecule has 1 atom stereocenters. The molecule has 46 heavy (non-hydrogen) atoms. The number of nitrogens with zero attached hydrogens (tertiary/aromatic N) is 6. The van der Waals surface area contributed by atoms with E-state index in [-0.39, 0.29) is 12.1 Å². The maximum atomic E-state index is 14.1. The summed E-state index contributed by atoms with van der Waals surface area (Å²) in [5.41, 5.74) is 0.479. The minimum Gasteiger partial charge on any atom is -0.494 e. The number of anilines is 3. The standard InChI is InChI=1S/C35H48N6O5/c1-10-14-28-30(39(22-11-2)26-15-13-23-38(24-26)32(42)45-34(4,5)6)37-29-20-21-36-41(29)31(28)40(33(43)46-35(7,8)9)25-16-18-27(19-17-25)44-12-3/h10-11,16-21,26H,1-2,12-15,22-24H2,3-9H3/t26-/m0/s1. The van der Waals surface area contributed by atoms with Crippen LogP contribution in [0.3, 0.4) is 0 Å². The van der Waals surface area contributed by atoms with Gasteiger partial charge in [-0.15, -0.1) is 13.2 Å². The molecule has 0 unspecified atom stereocenters. The van der Waals surface area contributed by atoms with Crippen LogP contribution < -0.4 is 14.5 Å². The van der Waals surface area contributed by atoms with E-state index >= 15 is 0 Å². The van der Waals surface area contributed by atoms with Crippen LogP contribution in [-0.2, 0) is 15.9 Å². The van der Waals surface area contributed by atoms with Gasteiger partial charge < -0.3 is 24.0 Å². The van der Waals surface area contributed by atoms with E-state index in [4.69, 9.17) is 19.2 Å². The Kier molecular flexibility index (Phi) is 10.6. The van der Waals surface area contributed by atoms with Gasteiger partial charge >= 0.3 is 12.2 Å². The largest absolute Gasteiger partial charge is 0.494 e. The SMILES string of the molecule is C=CCc1c(N(CC=C)[C@H]2CCCN(C(=O)OC(C)(C)C)C2)nc2ccnn2c1N(C(=O)OC(C)(C)C)c1ccc(OCC)cc1. The zero-order valence-electron chi connectivity index (χ0n) is 28.3. The number of piperidine rings is 1. The zero-order chi connectivity index (χ0) is 33.6. The fourth-order valence-corrected chi connectivity index (χ4v) is 5.47. The van der Waals surface area contributed by atoms with Crippen LogP contribution in [0, 0.1) is 0 Å². The molecule has 1 aliphatic rings. The second-order valence-electron chi connectivity index (χ2n) is 13.2. The fourth-order valence-electron chi connectivity index (χ4n) is 5.47. The lowest BCUT2D eigenvalue weighted by atomic mass is 10.0. The van der Waals surface area contributed by atoms with E-state index in [9.17, 15) is 9.59 Å². The van der Waals surface area contributed by atoms with Gasteiger partial charge in [-0.1, -0.05) is 12.2 Å². The summed E-state index contributed by atoms with van der Waals surface area (Å²) in [5.74, 6) is 1.82. The van der Waals surface area contributed by atoms with Crippen molar-refractivity contribution in [3.8, 4) is 5.75 Å². The van der Waals surface area contributed by atoms with Crippen molar-refractivity contribution in [2.24, 2.45) is 0 Å². The van der Waals surface area contributed by atoms with Crippen molar-refractivity contribution in [2.75, 3.05) is 36.0 Å². The van der Waals surface area contributed by atoms with Crippen molar-refractivity contribution < 1.29 is 23.8 Å². The van der Waals surface area contributed by atoms with Crippen molar-refractivity contribution in [3.05, 3.63) is 67.4 Å². The molecule has 1 saturated heterocycles. The number of hydrogen-bond donors (Lipinski definition) is 0. The van der Waals surface area contributed by atoms with Gasteiger partial charge in [0.05, 0.1) is 18.5 Å². The molecule has 1 fully saturated rings. The number of hydrogen-bond acceptors (Lipinski definition) is 8. The van der Waals surface area contributed by atoms with Crippen molar-refractivity contribution >= 4 is 35.2 Å². The van der Waals surface area contributed by atoms with E-state index in [0.717, 1.165) is 18.4 Å². The van der Waals surface area contributed by atoms with Crippen LogP contribution in [0.5, 0.6) is 5.75 Å². The number of benzene rings is 1. The lowest BCUT2D eigenvalue weighted by Crippen LogP contribution is -2.51. The molecule has 2 aromatic heterocycles. The molecule has 0 saturated carbocycles. The lowest BCUT2D eigenvalue weighted by Gasteiger charge is -2.41. The molecule has 0 N–H and O–H groups in total. The zero-order valence-corrected chi connectivity index (χ0v) is 28.3. The molecule has 248 valence electrons. The number of aromatic nitrogens is 3. The van der Waals surface area contributed by atoms with Gasteiger partial charge in [0.25, 0.3) is 0 Å². The molecule has 3 aromatic rings. The van der Waals surface area contributed by atoms with Gasteiger partial charge in [0.1, 0.15) is 22.8 Å². The first kappa shape index (κ1) is 34.3. The third-order valence-corrected chi connectivity index (χ3v) is 7.21. The Morgan fingerprint density at radius 3 is 2.33 bits per heavy atom. The highest BCUT2D eigenvalue weighted by Gasteiger charge is 2.35.